The Kier molecular flexibility index (Phi) is 8.34. The Hall–Kier alpha value is -2.55. The van der Waals surface area contributed by atoms with Crippen LogP contribution in [0.1, 0.15) is 5.69 Å². The number of benzene rings is 1. The highest BCUT2D eigenvalue weighted by Gasteiger charge is 2.30. The van der Waals surface area contributed by atoms with Gasteiger partial charge < -0.3 is 4.90 Å². The number of amides is 1. The van der Waals surface area contributed by atoms with Gasteiger partial charge in [0.25, 0.3) is 0 Å². The van der Waals surface area contributed by atoms with Gasteiger partial charge in [-0.3, -0.25) is 9.78 Å². The normalized spacial score (nSPS) is 12.5. The van der Waals surface area contributed by atoms with Crippen molar-refractivity contribution in [2.45, 2.75) is 22.4 Å². The van der Waals surface area contributed by atoms with E-state index < -0.39 is 50.1 Å². The summed E-state index contributed by atoms with van der Waals surface area (Å²) in [4.78, 5) is 16.8. The third-order valence-corrected chi connectivity index (χ3v) is 7.01. The topological polar surface area (TPSA) is 126 Å². The molecular formula is C18H21F3N4O5S2. The zero-order chi connectivity index (χ0) is 24.0. The molecule has 0 atom stereocenters. The first-order valence-electron chi connectivity index (χ1n) is 9.10. The van der Waals surface area contributed by atoms with Gasteiger partial charge in [-0.15, -0.1) is 0 Å². The third kappa shape index (κ3) is 7.85. The molecule has 2 aromatic rings. The van der Waals surface area contributed by atoms with Crippen molar-refractivity contribution in [1.82, 2.24) is 19.3 Å². The third-order valence-electron chi connectivity index (χ3n) is 4.18. The van der Waals surface area contributed by atoms with Crippen LogP contribution >= 0.6 is 0 Å². The van der Waals surface area contributed by atoms with Crippen LogP contribution in [-0.4, -0.2) is 65.5 Å². The molecule has 176 valence electrons. The number of nitrogens with one attached hydrogen (secondary N) is 2. The van der Waals surface area contributed by atoms with Crippen molar-refractivity contribution in [3.63, 3.8) is 0 Å². The molecule has 0 radical (unpaired) electrons. The average Bonchev–Trinajstić information content (AvgIpc) is 2.75. The standard InChI is InChI=1S/C18H21F3N4O5S2/c1-25(11-9-14-4-2-3-10-22-14)17(26)12-23-31(27,28)15-5-7-16(8-6-15)32(29,30)24-13-18(19,20)21/h2-8,10,23-24H,9,11-13H2,1H3. The van der Waals surface area contributed by atoms with Gasteiger partial charge in [0.2, 0.25) is 26.0 Å². The van der Waals surface area contributed by atoms with Crippen LogP contribution in [0.3, 0.4) is 0 Å². The number of pyridine rings is 1. The van der Waals surface area contributed by atoms with E-state index in [2.05, 4.69) is 9.71 Å². The lowest BCUT2D eigenvalue weighted by molar-refractivity contribution is -0.128. The fraction of sp³-hybridized carbons (Fsp3) is 0.333. The van der Waals surface area contributed by atoms with Crippen molar-refractivity contribution in [2.75, 3.05) is 26.7 Å². The first kappa shape index (κ1) is 25.7. The number of hydrogen-bond acceptors (Lipinski definition) is 6. The van der Waals surface area contributed by atoms with Crippen molar-refractivity contribution < 1.29 is 34.8 Å². The molecule has 0 fully saturated rings. The molecule has 0 aliphatic rings. The van der Waals surface area contributed by atoms with Crippen molar-refractivity contribution in [3.05, 3.63) is 54.4 Å². The number of carbonyl (C=O) groups excluding carboxylic acids is 1. The van der Waals surface area contributed by atoms with E-state index in [0.717, 1.165) is 30.0 Å². The van der Waals surface area contributed by atoms with Crippen LogP contribution in [0, 0.1) is 0 Å². The predicted octanol–water partition coefficient (Wildman–Crippen LogP) is 0.902. The van der Waals surface area contributed by atoms with Crippen LogP contribution in [0.5, 0.6) is 0 Å². The quantitative estimate of drug-likeness (QED) is 0.506. The van der Waals surface area contributed by atoms with Crippen molar-refractivity contribution in [3.8, 4) is 0 Å². The Morgan fingerprint density at radius 2 is 1.53 bits per heavy atom. The highest BCUT2D eigenvalue weighted by molar-refractivity contribution is 7.90. The van der Waals surface area contributed by atoms with Crippen LogP contribution < -0.4 is 9.44 Å². The Balaban J connectivity index is 1.94. The second kappa shape index (κ2) is 10.4. The van der Waals surface area contributed by atoms with Crippen molar-refractivity contribution >= 4 is 26.0 Å². The van der Waals surface area contributed by atoms with Crippen molar-refractivity contribution in [1.29, 1.82) is 0 Å². The van der Waals surface area contributed by atoms with Gasteiger partial charge in [-0.05, 0) is 36.4 Å². The molecule has 0 bridgehead atoms. The Bertz CT molecular complexity index is 1120. The van der Waals surface area contributed by atoms with Crippen LogP contribution in [0.4, 0.5) is 13.2 Å². The number of rotatable bonds is 10. The zero-order valence-corrected chi connectivity index (χ0v) is 18.5. The van der Waals surface area contributed by atoms with E-state index >= 15 is 0 Å². The maximum absolute atomic E-state index is 12.4. The van der Waals surface area contributed by atoms with E-state index in [0.29, 0.717) is 13.0 Å². The van der Waals surface area contributed by atoms with E-state index in [4.69, 9.17) is 0 Å². The van der Waals surface area contributed by atoms with Crippen molar-refractivity contribution in [2.24, 2.45) is 0 Å². The van der Waals surface area contributed by atoms with E-state index in [-0.39, 0.29) is 4.90 Å². The first-order valence-corrected chi connectivity index (χ1v) is 12.1. The summed E-state index contributed by atoms with van der Waals surface area (Å²) >= 11 is 0. The summed E-state index contributed by atoms with van der Waals surface area (Å²) in [5.74, 6) is -0.500. The predicted molar refractivity (Wildman–Crippen MR) is 108 cm³/mol. The Morgan fingerprint density at radius 3 is 2.03 bits per heavy atom. The molecule has 14 heteroatoms. The fourth-order valence-corrected chi connectivity index (χ4v) is 4.38. The van der Waals surface area contributed by atoms with Gasteiger partial charge in [0.1, 0.15) is 6.54 Å². The lowest BCUT2D eigenvalue weighted by Crippen LogP contribution is -2.39. The molecular weight excluding hydrogens is 473 g/mol. The number of hydrogen-bond donors (Lipinski definition) is 2. The minimum Gasteiger partial charge on any atom is -0.344 e. The van der Waals surface area contributed by atoms with Gasteiger partial charge in [-0.25, -0.2) is 26.3 Å². The molecule has 0 aliphatic heterocycles. The number of aromatic nitrogens is 1. The molecule has 1 amide bonds. The highest BCUT2D eigenvalue weighted by atomic mass is 32.2. The SMILES string of the molecule is CN(CCc1ccccn1)C(=O)CNS(=O)(=O)c1ccc(S(=O)(=O)NCC(F)(F)F)cc1. The van der Waals surface area contributed by atoms with Gasteiger partial charge in [0.15, 0.2) is 0 Å². The van der Waals surface area contributed by atoms with Crippen LogP contribution in [0.15, 0.2) is 58.5 Å². The monoisotopic (exact) mass is 494 g/mol. The molecule has 1 aromatic heterocycles. The summed E-state index contributed by atoms with van der Waals surface area (Å²) in [5, 5.41) is 0. The summed E-state index contributed by atoms with van der Waals surface area (Å²) in [5.41, 5.74) is 0.771. The fourth-order valence-electron chi connectivity index (χ4n) is 2.39. The molecule has 0 aliphatic carbocycles. The van der Waals surface area contributed by atoms with E-state index in [1.807, 2.05) is 0 Å². The molecule has 0 unspecified atom stereocenters. The number of halogens is 3. The van der Waals surface area contributed by atoms with Gasteiger partial charge in [0.05, 0.1) is 16.3 Å². The second-order valence-corrected chi connectivity index (χ2v) is 10.2. The summed E-state index contributed by atoms with van der Waals surface area (Å²) in [6.45, 7) is -1.98. The molecule has 32 heavy (non-hydrogen) atoms. The molecule has 0 saturated heterocycles. The lowest BCUT2D eigenvalue weighted by Gasteiger charge is -2.17. The van der Waals surface area contributed by atoms with E-state index in [9.17, 15) is 34.8 Å². The van der Waals surface area contributed by atoms with Gasteiger partial charge >= 0.3 is 6.18 Å². The largest absolute Gasteiger partial charge is 0.402 e. The van der Waals surface area contributed by atoms with E-state index in [1.54, 1.807) is 24.4 Å². The minimum absolute atomic E-state index is 0.315. The minimum atomic E-state index is -4.74. The van der Waals surface area contributed by atoms with Crippen LogP contribution in [0.25, 0.3) is 0 Å². The first-order chi connectivity index (χ1) is 14.8. The smallest absolute Gasteiger partial charge is 0.344 e. The zero-order valence-electron chi connectivity index (χ0n) is 16.8. The lowest BCUT2D eigenvalue weighted by atomic mass is 10.2. The Morgan fingerprint density at radius 1 is 0.969 bits per heavy atom. The summed E-state index contributed by atoms with van der Waals surface area (Å²) in [6.07, 6.45) is -2.64. The molecule has 9 nitrogen and oxygen atoms in total. The van der Waals surface area contributed by atoms with Gasteiger partial charge in [-0.2, -0.15) is 13.2 Å². The molecule has 2 rings (SSSR count). The maximum Gasteiger partial charge on any atom is 0.402 e. The summed E-state index contributed by atoms with van der Waals surface area (Å²) < 4.78 is 88.6. The molecule has 1 heterocycles. The van der Waals surface area contributed by atoms with Gasteiger partial charge in [0, 0.05) is 31.9 Å². The Labute approximate surface area is 183 Å². The highest BCUT2D eigenvalue weighted by Crippen LogP contribution is 2.17. The molecule has 0 spiro atoms. The molecule has 0 saturated carbocycles. The maximum atomic E-state index is 12.4. The van der Waals surface area contributed by atoms with Crippen LogP contribution in [0.2, 0.25) is 0 Å². The number of alkyl halides is 3. The average molecular weight is 495 g/mol. The van der Waals surface area contributed by atoms with E-state index in [1.165, 1.54) is 16.7 Å². The molecule has 2 N–H and O–H groups in total. The number of carbonyl (C=O) groups is 1. The summed E-state index contributed by atoms with van der Waals surface area (Å²) in [7, 11) is -7.12. The second-order valence-electron chi connectivity index (χ2n) is 6.62. The molecule has 1 aromatic carbocycles. The van der Waals surface area contributed by atoms with Gasteiger partial charge in [-0.1, -0.05) is 6.07 Å². The summed E-state index contributed by atoms with van der Waals surface area (Å²) in [6, 6.07) is 8.90. The number of nitrogens with zero attached hydrogens (tertiary/aromatic N) is 2. The number of likely N-dealkylation sites (N-methyl/N-ethyl adjacent to an activating group) is 1. The van der Waals surface area contributed by atoms with Crippen LogP contribution in [-0.2, 0) is 31.3 Å². The number of sulfonamides is 2.